The third kappa shape index (κ3) is 4.17. The van der Waals surface area contributed by atoms with Gasteiger partial charge in [0.15, 0.2) is 5.82 Å². The number of rotatable bonds is 5. The highest BCUT2D eigenvalue weighted by molar-refractivity contribution is 6.04. The SMILES string of the molecule is Cc1cc(C)n(-c2ccc(Oc3ccc(NC(=O)c4ccccc4F)cc3)nn2)n1. The Morgan fingerprint density at radius 3 is 2.40 bits per heavy atom. The van der Waals surface area contributed by atoms with E-state index in [4.69, 9.17) is 4.74 Å². The van der Waals surface area contributed by atoms with E-state index in [0.29, 0.717) is 23.1 Å². The van der Waals surface area contributed by atoms with Gasteiger partial charge in [-0.3, -0.25) is 4.79 Å². The van der Waals surface area contributed by atoms with Gasteiger partial charge in [-0.25, -0.2) is 9.07 Å². The summed E-state index contributed by atoms with van der Waals surface area (Å²) in [4.78, 5) is 12.2. The Bertz CT molecular complexity index is 1190. The van der Waals surface area contributed by atoms with Crippen LogP contribution in [0.25, 0.3) is 5.82 Å². The second kappa shape index (κ2) is 8.12. The molecular weight excluding hydrogens is 385 g/mol. The Kier molecular flexibility index (Phi) is 5.21. The summed E-state index contributed by atoms with van der Waals surface area (Å²) in [5, 5.41) is 15.2. The van der Waals surface area contributed by atoms with Crippen LogP contribution < -0.4 is 10.1 Å². The fraction of sp³-hybridized carbons (Fsp3) is 0.0909. The molecule has 150 valence electrons. The van der Waals surface area contributed by atoms with E-state index in [9.17, 15) is 9.18 Å². The van der Waals surface area contributed by atoms with Crippen molar-refractivity contribution in [3.8, 4) is 17.4 Å². The number of hydrogen-bond donors (Lipinski definition) is 1. The average molecular weight is 403 g/mol. The molecule has 0 radical (unpaired) electrons. The molecule has 0 aliphatic heterocycles. The minimum Gasteiger partial charge on any atom is -0.438 e. The van der Waals surface area contributed by atoms with Crippen LogP contribution in [-0.4, -0.2) is 25.9 Å². The molecule has 7 nitrogen and oxygen atoms in total. The molecule has 0 bridgehead atoms. The van der Waals surface area contributed by atoms with Gasteiger partial charge in [0, 0.05) is 17.4 Å². The Hall–Kier alpha value is -4.07. The maximum absolute atomic E-state index is 13.7. The van der Waals surface area contributed by atoms with Gasteiger partial charge < -0.3 is 10.1 Å². The van der Waals surface area contributed by atoms with Gasteiger partial charge in [-0.05, 0) is 62.4 Å². The number of carbonyl (C=O) groups excluding carboxylic acids is 1. The lowest BCUT2D eigenvalue weighted by atomic mass is 10.2. The van der Waals surface area contributed by atoms with Gasteiger partial charge in [0.2, 0.25) is 5.88 Å². The maximum Gasteiger partial charge on any atom is 0.258 e. The molecule has 0 spiro atoms. The zero-order valence-corrected chi connectivity index (χ0v) is 16.3. The van der Waals surface area contributed by atoms with Gasteiger partial charge in [0.05, 0.1) is 11.3 Å². The molecule has 4 rings (SSSR count). The van der Waals surface area contributed by atoms with Crippen LogP contribution in [0.15, 0.2) is 66.7 Å². The van der Waals surface area contributed by atoms with Gasteiger partial charge in [-0.15, -0.1) is 10.2 Å². The topological polar surface area (TPSA) is 81.9 Å². The summed E-state index contributed by atoms with van der Waals surface area (Å²) in [6, 6.07) is 17.9. The largest absolute Gasteiger partial charge is 0.438 e. The highest BCUT2D eigenvalue weighted by atomic mass is 19.1. The van der Waals surface area contributed by atoms with Crippen molar-refractivity contribution in [2.45, 2.75) is 13.8 Å². The van der Waals surface area contributed by atoms with Crippen molar-refractivity contribution in [3.63, 3.8) is 0 Å². The molecule has 1 amide bonds. The summed E-state index contributed by atoms with van der Waals surface area (Å²) in [6.45, 7) is 3.86. The van der Waals surface area contributed by atoms with Crippen LogP contribution in [0, 0.1) is 19.7 Å². The zero-order valence-electron chi connectivity index (χ0n) is 16.3. The highest BCUT2D eigenvalue weighted by Crippen LogP contribution is 2.22. The first-order valence-corrected chi connectivity index (χ1v) is 9.21. The molecule has 0 saturated carbocycles. The second-order valence-corrected chi connectivity index (χ2v) is 6.63. The predicted molar refractivity (Wildman–Crippen MR) is 109 cm³/mol. The van der Waals surface area contributed by atoms with Crippen molar-refractivity contribution in [2.24, 2.45) is 0 Å². The summed E-state index contributed by atoms with van der Waals surface area (Å²) in [7, 11) is 0. The number of hydrogen-bond acceptors (Lipinski definition) is 5. The van der Waals surface area contributed by atoms with Crippen molar-refractivity contribution in [1.82, 2.24) is 20.0 Å². The Labute approximate surface area is 172 Å². The second-order valence-electron chi connectivity index (χ2n) is 6.63. The fourth-order valence-corrected chi connectivity index (χ4v) is 2.91. The standard InChI is InChI=1S/C22H18FN5O2/c1-14-13-15(2)28(27-14)20-11-12-21(26-25-20)30-17-9-7-16(8-10-17)24-22(29)18-5-3-4-6-19(18)23/h3-13H,1-2H3,(H,24,29). The van der Waals surface area contributed by atoms with Crippen LogP contribution in [0.1, 0.15) is 21.7 Å². The number of aryl methyl sites for hydroxylation is 2. The van der Waals surface area contributed by atoms with Crippen molar-refractivity contribution in [3.05, 3.63) is 89.5 Å². The van der Waals surface area contributed by atoms with Gasteiger partial charge in [0.25, 0.3) is 5.91 Å². The molecule has 4 aromatic rings. The molecule has 0 aliphatic rings. The van der Waals surface area contributed by atoms with Gasteiger partial charge in [0.1, 0.15) is 11.6 Å². The maximum atomic E-state index is 13.7. The van der Waals surface area contributed by atoms with Crippen molar-refractivity contribution < 1.29 is 13.9 Å². The third-order valence-electron chi connectivity index (χ3n) is 4.31. The number of ether oxygens (including phenoxy) is 1. The van der Waals surface area contributed by atoms with E-state index in [0.717, 1.165) is 11.4 Å². The predicted octanol–water partition coefficient (Wildman–Crippen LogP) is 4.46. The molecule has 1 N–H and O–H groups in total. The van der Waals surface area contributed by atoms with Crippen LogP contribution in [0.4, 0.5) is 10.1 Å². The highest BCUT2D eigenvalue weighted by Gasteiger charge is 2.11. The minimum absolute atomic E-state index is 0.0178. The third-order valence-corrected chi connectivity index (χ3v) is 4.31. The van der Waals surface area contributed by atoms with E-state index in [1.165, 1.54) is 18.2 Å². The normalized spacial score (nSPS) is 10.6. The molecule has 0 fully saturated rings. The van der Waals surface area contributed by atoms with Gasteiger partial charge >= 0.3 is 0 Å². The molecule has 0 unspecified atom stereocenters. The molecule has 2 aromatic heterocycles. The first-order valence-electron chi connectivity index (χ1n) is 9.21. The summed E-state index contributed by atoms with van der Waals surface area (Å²) in [5.41, 5.74) is 2.36. The monoisotopic (exact) mass is 403 g/mol. The summed E-state index contributed by atoms with van der Waals surface area (Å²) in [6.07, 6.45) is 0. The molecule has 0 saturated heterocycles. The van der Waals surface area contributed by atoms with Crippen LogP contribution in [0.3, 0.4) is 0 Å². The number of carbonyl (C=O) groups is 1. The van der Waals surface area contributed by atoms with E-state index in [1.807, 2.05) is 19.9 Å². The summed E-state index contributed by atoms with van der Waals surface area (Å²) >= 11 is 0. The molecule has 0 atom stereocenters. The van der Waals surface area contributed by atoms with E-state index < -0.39 is 11.7 Å². The smallest absolute Gasteiger partial charge is 0.258 e. The molecule has 8 heteroatoms. The number of amides is 1. The van der Waals surface area contributed by atoms with E-state index in [2.05, 4.69) is 20.6 Å². The minimum atomic E-state index is -0.572. The van der Waals surface area contributed by atoms with Gasteiger partial charge in [-0.2, -0.15) is 5.10 Å². The number of anilines is 1. The fourth-order valence-electron chi connectivity index (χ4n) is 2.91. The zero-order chi connectivity index (χ0) is 21.1. The first-order chi connectivity index (χ1) is 14.5. The number of benzene rings is 2. The van der Waals surface area contributed by atoms with Crippen LogP contribution >= 0.6 is 0 Å². The number of aromatic nitrogens is 4. The lowest BCUT2D eigenvalue weighted by molar-refractivity contribution is 0.102. The van der Waals surface area contributed by atoms with Crippen molar-refractivity contribution in [2.75, 3.05) is 5.32 Å². The van der Waals surface area contributed by atoms with Crippen molar-refractivity contribution >= 4 is 11.6 Å². The van der Waals surface area contributed by atoms with E-state index in [1.54, 1.807) is 47.1 Å². The molecule has 2 aromatic carbocycles. The molecule has 30 heavy (non-hydrogen) atoms. The molecular formula is C22H18FN5O2. The molecule has 2 heterocycles. The number of nitrogens with zero attached hydrogens (tertiary/aromatic N) is 4. The van der Waals surface area contributed by atoms with Crippen molar-refractivity contribution in [1.29, 1.82) is 0 Å². The Morgan fingerprint density at radius 1 is 1.00 bits per heavy atom. The average Bonchev–Trinajstić information content (AvgIpc) is 3.08. The Balaban J connectivity index is 1.42. The quantitative estimate of drug-likeness (QED) is 0.532. The van der Waals surface area contributed by atoms with E-state index >= 15 is 0 Å². The first kappa shape index (κ1) is 19.3. The lowest BCUT2D eigenvalue weighted by Crippen LogP contribution is -2.13. The van der Waals surface area contributed by atoms with Crippen LogP contribution in [0.2, 0.25) is 0 Å². The number of nitrogens with one attached hydrogen (secondary N) is 1. The molecule has 0 aliphatic carbocycles. The summed E-state index contributed by atoms with van der Waals surface area (Å²) in [5.74, 6) is 0.347. The summed E-state index contributed by atoms with van der Waals surface area (Å²) < 4.78 is 21.1. The van der Waals surface area contributed by atoms with Crippen LogP contribution in [-0.2, 0) is 0 Å². The lowest BCUT2D eigenvalue weighted by Gasteiger charge is -2.08. The van der Waals surface area contributed by atoms with E-state index in [-0.39, 0.29) is 5.56 Å². The van der Waals surface area contributed by atoms with Gasteiger partial charge in [-0.1, -0.05) is 12.1 Å². The van der Waals surface area contributed by atoms with Crippen LogP contribution in [0.5, 0.6) is 11.6 Å². The Morgan fingerprint density at radius 2 is 1.77 bits per heavy atom. The number of halogens is 1.